The summed E-state index contributed by atoms with van der Waals surface area (Å²) in [5.74, 6) is -0.352. The first-order valence-corrected chi connectivity index (χ1v) is 6.20. The van der Waals surface area contributed by atoms with Crippen LogP contribution >= 0.6 is 0 Å². The van der Waals surface area contributed by atoms with Crippen LogP contribution in [0.25, 0.3) is 11.3 Å². The molecule has 20 heavy (non-hydrogen) atoms. The van der Waals surface area contributed by atoms with Crippen molar-refractivity contribution >= 4 is 5.97 Å². The summed E-state index contributed by atoms with van der Waals surface area (Å²) < 4.78 is 5.25. The molecule has 0 amide bonds. The van der Waals surface area contributed by atoms with E-state index in [9.17, 15) is 9.59 Å². The second kappa shape index (κ2) is 5.61. The maximum Gasteiger partial charge on any atom is 0.335 e. The number of rotatable bonds is 4. The highest BCUT2D eigenvalue weighted by Crippen LogP contribution is 2.25. The summed E-state index contributed by atoms with van der Waals surface area (Å²) in [5, 5.41) is 8.99. The van der Waals surface area contributed by atoms with Crippen molar-refractivity contribution in [2.45, 2.75) is 13.3 Å². The Morgan fingerprint density at radius 2 is 2.05 bits per heavy atom. The first-order chi connectivity index (χ1) is 9.55. The Balaban J connectivity index is 2.56. The predicted molar refractivity (Wildman–Crippen MR) is 75.4 cm³/mol. The quantitative estimate of drug-likeness (QED) is 0.895. The van der Waals surface area contributed by atoms with Crippen LogP contribution in [0.1, 0.15) is 22.8 Å². The van der Waals surface area contributed by atoms with Gasteiger partial charge < -0.3 is 14.8 Å². The number of carboxylic acid groups (broad SMARTS) is 1. The minimum absolute atomic E-state index is 0.0300. The number of carboxylic acids is 1. The highest BCUT2D eigenvalue weighted by Gasteiger charge is 2.09. The largest absolute Gasteiger partial charge is 0.496 e. The van der Waals surface area contributed by atoms with Crippen LogP contribution in [-0.4, -0.2) is 23.2 Å². The van der Waals surface area contributed by atoms with Gasteiger partial charge in [-0.05, 0) is 41.8 Å². The second-order valence-corrected chi connectivity index (χ2v) is 4.33. The molecule has 5 heteroatoms. The molecular weight excluding hydrogens is 258 g/mol. The monoisotopic (exact) mass is 273 g/mol. The molecule has 0 radical (unpaired) electrons. The number of aryl methyl sites for hydroxylation is 1. The van der Waals surface area contributed by atoms with Crippen LogP contribution in [0.5, 0.6) is 5.75 Å². The number of nitrogens with one attached hydrogen (secondary N) is 1. The van der Waals surface area contributed by atoms with Gasteiger partial charge in [0.1, 0.15) is 5.75 Å². The van der Waals surface area contributed by atoms with Crippen LogP contribution in [0.4, 0.5) is 0 Å². The van der Waals surface area contributed by atoms with Crippen molar-refractivity contribution in [2.24, 2.45) is 0 Å². The van der Waals surface area contributed by atoms with Crippen LogP contribution in [-0.2, 0) is 6.42 Å². The van der Waals surface area contributed by atoms with Gasteiger partial charge in [0, 0.05) is 11.8 Å². The number of pyridine rings is 1. The van der Waals surface area contributed by atoms with E-state index in [1.165, 1.54) is 6.07 Å². The molecule has 0 atom stereocenters. The maximum absolute atomic E-state index is 11.5. The molecule has 5 nitrogen and oxygen atoms in total. The number of H-pyrrole nitrogens is 1. The summed E-state index contributed by atoms with van der Waals surface area (Å²) in [6.07, 6.45) is 0.778. The standard InChI is InChI=1S/C15H15NO4/c1-3-9-6-10(4-5-13(9)20-2)12-7-11(15(18)19)8-14(17)16-12/h4-8H,3H2,1-2H3,(H,16,17)(H,18,19). The number of hydrogen-bond acceptors (Lipinski definition) is 3. The van der Waals surface area contributed by atoms with Gasteiger partial charge in [-0.3, -0.25) is 4.79 Å². The Labute approximate surface area is 115 Å². The van der Waals surface area contributed by atoms with Gasteiger partial charge in [0.2, 0.25) is 5.56 Å². The molecule has 0 unspecified atom stereocenters. The van der Waals surface area contributed by atoms with E-state index >= 15 is 0 Å². The molecule has 2 aromatic rings. The summed E-state index contributed by atoms with van der Waals surface area (Å²) in [6, 6.07) is 7.99. The Morgan fingerprint density at radius 3 is 2.65 bits per heavy atom. The fourth-order valence-corrected chi connectivity index (χ4v) is 2.04. The van der Waals surface area contributed by atoms with E-state index in [4.69, 9.17) is 9.84 Å². The molecule has 1 aromatic heterocycles. The van der Waals surface area contributed by atoms with Crippen molar-refractivity contribution in [3.05, 3.63) is 51.8 Å². The highest BCUT2D eigenvalue weighted by molar-refractivity contribution is 5.88. The van der Waals surface area contributed by atoms with Gasteiger partial charge >= 0.3 is 5.97 Å². The summed E-state index contributed by atoms with van der Waals surface area (Å²) in [7, 11) is 1.60. The van der Waals surface area contributed by atoms with E-state index < -0.39 is 11.5 Å². The van der Waals surface area contributed by atoms with E-state index in [0.29, 0.717) is 5.69 Å². The summed E-state index contributed by atoms with van der Waals surface area (Å²) in [4.78, 5) is 25.2. The number of aromatic nitrogens is 1. The first kappa shape index (κ1) is 13.9. The third-order valence-electron chi connectivity index (χ3n) is 3.06. The fraction of sp³-hybridized carbons (Fsp3) is 0.200. The van der Waals surface area contributed by atoms with Crippen molar-refractivity contribution in [3.63, 3.8) is 0 Å². The lowest BCUT2D eigenvalue weighted by Gasteiger charge is -2.09. The van der Waals surface area contributed by atoms with Crippen molar-refractivity contribution < 1.29 is 14.6 Å². The van der Waals surface area contributed by atoms with Crippen LogP contribution < -0.4 is 10.3 Å². The van der Waals surface area contributed by atoms with Crippen molar-refractivity contribution in [3.8, 4) is 17.0 Å². The second-order valence-electron chi connectivity index (χ2n) is 4.33. The molecule has 2 N–H and O–H groups in total. The van der Waals surface area contributed by atoms with Crippen LogP contribution in [0, 0.1) is 0 Å². The minimum Gasteiger partial charge on any atom is -0.496 e. The number of carbonyl (C=O) groups is 1. The smallest absolute Gasteiger partial charge is 0.335 e. The van der Waals surface area contributed by atoms with Crippen LogP contribution in [0.15, 0.2) is 35.1 Å². The van der Waals surface area contributed by atoms with E-state index in [1.54, 1.807) is 19.2 Å². The van der Waals surface area contributed by atoms with E-state index in [0.717, 1.165) is 29.4 Å². The van der Waals surface area contributed by atoms with Gasteiger partial charge in [-0.1, -0.05) is 6.92 Å². The highest BCUT2D eigenvalue weighted by atomic mass is 16.5. The van der Waals surface area contributed by atoms with Gasteiger partial charge in [-0.15, -0.1) is 0 Å². The maximum atomic E-state index is 11.5. The van der Waals surface area contributed by atoms with Gasteiger partial charge in [0.05, 0.1) is 12.7 Å². The summed E-state index contributed by atoms with van der Waals surface area (Å²) in [6.45, 7) is 2.00. The predicted octanol–water partition coefficient (Wildman–Crippen LogP) is 2.31. The van der Waals surface area contributed by atoms with Gasteiger partial charge in [-0.2, -0.15) is 0 Å². The van der Waals surface area contributed by atoms with E-state index in [-0.39, 0.29) is 5.56 Å². The minimum atomic E-state index is -1.12. The van der Waals surface area contributed by atoms with E-state index in [1.807, 2.05) is 13.0 Å². The van der Waals surface area contributed by atoms with Crippen LogP contribution in [0.3, 0.4) is 0 Å². The number of aromatic carboxylic acids is 1. The SMILES string of the molecule is CCc1cc(-c2cc(C(=O)O)cc(=O)[nH]2)ccc1OC. The molecule has 104 valence electrons. The lowest BCUT2D eigenvalue weighted by molar-refractivity contribution is 0.0696. The molecular formula is C15H15NO4. The Bertz CT molecular complexity index is 703. The molecule has 0 saturated carbocycles. The number of benzene rings is 1. The van der Waals surface area contributed by atoms with E-state index in [2.05, 4.69) is 4.98 Å². The van der Waals surface area contributed by atoms with Crippen molar-refractivity contribution in [2.75, 3.05) is 7.11 Å². The van der Waals surface area contributed by atoms with Gasteiger partial charge in [-0.25, -0.2) is 4.79 Å². The Morgan fingerprint density at radius 1 is 1.30 bits per heavy atom. The van der Waals surface area contributed by atoms with Crippen LogP contribution in [0.2, 0.25) is 0 Å². The normalized spacial score (nSPS) is 10.3. The zero-order valence-electron chi connectivity index (χ0n) is 11.3. The molecule has 0 fully saturated rings. The molecule has 0 aliphatic heterocycles. The lowest BCUT2D eigenvalue weighted by atomic mass is 10.0. The zero-order chi connectivity index (χ0) is 14.7. The topological polar surface area (TPSA) is 79.4 Å². The van der Waals surface area contributed by atoms with Gasteiger partial charge in [0.25, 0.3) is 0 Å². The molecule has 2 rings (SSSR count). The molecule has 0 aliphatic carbocycles. The average molecular weight is 273 g/mol. The average Bonchev–Trinajstić information content (AvgIpc) is 2.45. The molecule has 1 aromatic carbocycles. The van der Waals surface area contributed by atoms with Crippen molar-refractivity contribution in [1.82, 2.24) is 4.98 Å². The number of ether oxygens (including phenoxy) is 1. The Hall–Kier alpha value is -2.56. The first-order valence-electron chi connectivity index (χ1n) is 6.20. The van der Waals surface area contributed by atoms with Crippen molar-refractivity contribution in [1.29, 1.82) is 0 Å². The molecule has 0 spiro atoms. The zero-order valence-corrected chi connectivity index (χ0v) is 11.3. The third-order valence-corrected chi connectivity index (χ3v) is 3.06. The lowest BCUT2D eigenvalue weighted by Crippen LogP contribution is -2.10. The molecule has 1 heterocycles. The fourth-order valence-electron chi connectivity index (χ4n) is 2.04. The number of hydrogen-bond donors (Lipinski definition) is 2. The summed E-state index contributed by atoms with van der Waals surface area (Å²) in [5.41, 5.74) is 1.76. The third kappa shape index (κ3) is 2.71. The molecule has 0 aliphatic rings. The summed E-state index contributed by atoms with van der Waals surface area (Å²) >= 11 is 0. The number of aromatic amines is 1. The molecule has 0 saturated heterocycles. The Kier molecular flexibility index (Phi) is 3.89. The number of methoxy groups -OCH3 is 1. The molecule has 0 bridgehead atoms. The van der Waals surface area contributed by atoms with Gasteiger partial charge in [0.15, 0.2) is 0 Å².